The number of carbonyl (C=O) groups is 1. The quantitative estimate of drug-likeness (QED) is 0.503. The first kappa shape index (κ1) is 19.7. The van der Waals surface area contributed by atoms with Crippen LogP contribution in [0.15, 0.2) is 11.6 Å². The van der Waals surface area contributed by atoms with Gasteiger partial charge in [0.2, 0.25) is 0 Å². The van der Waals surface area contributed by atoms with Gasteiger partial charge in [-0.1, -0.05) is 47.5 Å². The molecule has 0 aromatic heterocycles. The van der Waals surface area contributed by atoms with Gasteiger partial charge in [0.05, 0.1) is 5.41 Å². The molecular weight excluding hydrogens is 316 g/mol. The Morgan fingerprint density at radius 2 is 1.85 bits per heavy atom. The van der Waals surface area contributed by atoms with E-state index >= 15 is 0 Å². The summed E-state index contributed by atoms with van der Waals surface area (Å²) in [5.74, 6) is 8.27. The Bertz CT molecular complexity index is 676. The van der Waals surface area contributed by atoms with Gasteiger partial charge in [0.1, 0.15) is 0 Å². The molecule has 26 heavy (non-hydrogen) atoms. The lowest BCUT2D eigenvalue weighted by molar-refractivity contribution is -0.149. The van der Waals surface area contributed by atoms with Crippen LogP contribution >= 0.6 is 0 Å². The Kier molecular flexibility index (Phi) is 4.96. The molecule has 3 rings (SSSR count). The van der Waals surface area contributed by atoms with Crippen molar-refractivity contribution in [1.82, 2.24) is 0 Å². The van der Waals surface area contributed by atoms with Crippen molar-refractivity contribution in [3.05, 3.63) is 11.6 Å². The van der Waals surface area contributed by atoms with Gasteiger partial charge in [0, 0.05) is 12.8 Å². The standard InChI is InChI=1S/C25H38O/c1-7-9-10-13-25-15-12-20(26)18-21(25)23(5)14-11-19(3)22(4,8-2)24(23,6)16-17-25/h18-19H,7-9,11-12,14-17H2,1-6H3. The van der Waals surface area contributed by atoms with Crippen molar-refractivity contribution in [3.63, 3.8) is 0 Å². The van der Waals surface area contributed by atoms with Gasteiger partial charge in [-0.05, 0) is 78.8 Å². The minimum absolute atomic E-state index is 0.0351. The lowest BCUT2D eigenvalue weighted by Gasteiger charge is -2.68. The van der Waals surface area contributed by atoms with Crippen LogP contribution < -0.4 is 0 Å². The fraction of sp³-hybridized carbons (Fsp3) is 0.800. The van der Waals surface area contributed by atoms with E-state index < -0.39 is 0 Å². The van der Waals surface area contributed by atoms with Gasteiger partial charge in [-0.2, -0.15) is 0 Å². The normalized spacial score (nSPS) is 45.1. The van der Waals surface area contributed by atoms with Crippen LogP contribution in [0.1, 0.15) is 99.3 Å². The Labute approximate surface area is 161 Å². The van der Waals surface area contributed by atoms with Crippen LogP contribution in [0.5, 0.6) is 0 Å². The molecule has 0 amide bonds. The van der Waals surface area contributed by atoms with Crippen LogP contribution in [0.4, 0.5) is 0 Å². The molecule has 5 unspecified atom stereocenters. The molecule has 2 saturated carbocycles. The smallest absolute Gasteiger partial charge is 0.155 e. The number of hydrogen-bond donors (Lipinski definition) is 0. The summed E-state index contributed by atoms with van der Waals surface area (Å²) in [6.45, 7) is 14.6. The third kappa shape index (κ3) is 2.47. The predicted octanol–water partition coefficient (Wildman–Crippen LogP) is 6.72. The van der Waals surface area contributed by atoms with Gasteiger partial charge in [0.25, 0.3) is 0 Å². The van der Waals surface area contributed by atoms with Crippen molar-refractivity contribution in [2.45, 2.75) is 99.3 Å². The summed E-state index contributed by atoms with van der Waals surface area (Å²) in [5.41, 5.74) is 2.03. The molecule has 1 nitrogen and oxygen atoms in total. The maximum atomic E-state index is 12.5. The van der Waals surface area contributed by atoms with E-state index in [0.29, 0.717) is 17.6 Å². The number of fused-ring (bicyclic) bond motifs is 3. The van der Waals surface area contributed by atoms with E-state index in [0.717, 1.165) is 31.6 Å². The van der Waals surface area contributed by atoms with Gasteiger partial charge < -0.3 is 0 Å². The summed E-state index contributed by atoms with van der Waals surface area (Å²) in [4.78, 5) is 12.5. The summed E-state index contributed by atoms with van der Waals surface area (Å²) < 4.78 is 0. The molecule has 0 aromatic rings. The number of carbonyl (C=O) groups excluding carboxylic acids is 1. The van der Waals surface area contributed by atoms with Gasteiger partial charge in [-0.15, -0.1) is 5.92 Å². The molecule has 0 N–H and O–H groups in total. The van der Waals surface area contributed by atoms with E-state index in [4.69, 9.17) is 0 Å². The number of rotatable bonds is 2. The predicted molar refractivity (Wildman–Crippen MR) is 110 cm³/mol. The SMILES string of the molecule is CCCC#CC12CCC(=O)C=C1C1(C)CCC(C)C(C)(CC)C1(C)CC2. The van der Waals surface area contributed by atoms with Crippen molar-refractivity contribution >= 4 is 5.78 Å². The van der Waals surface area contributed by atoms with Crippen LogP contribution in [0, 0.1) is 39.4 Å². The van der Waals surface area contributed by atoms with E-state index in [1.54, 1.807) is 0 Å². The van der Waals surface area contributed by atoms with Crippen LogP contribution in [0.25, 0.3) is 0 Å². The van der Waals surface area contributed by atoms with Crippen LogP contribution in [-0.4, -0.2) is 5.78 Å². The lowest BCUT2D eigenvalue weighted by atomic mass is 9.35. The Hall–Kier alpha value is -1.03. The summed E-state index contributed by atoms with van der Waals surface area (Å²) in [5, 5.41) is 0. The topological polar surface area (TPSA) is 17.1 Å². The van der Waals surface area contributed by atoms with Crippen molar-refractivity contribution < 1.29 is 4.79 Å². The second kappa shape index (κ2) is 6.54. The van der Waals surface area contributed by atoms with E-state index in [1.165, 1.54) is 31.3 Å². The third-order valence-electron chi connectivity index (χ3n) is 9.35. The fourth-order valence-corrected chi connectivity index (χ4v) is 6.81. The highest BCUT2D eigenvalue weighted by atomic mass is 16.1. The van der Waals surface area contributed by atoms with Crippen molar-refractivity contribution in [2.75, 3.05) is 0 Å². The molecule has 0 aromatic carbocycles. The van der Waals surface area contributed by atoms with Crippen LogP contribution in [-0.2, 0) is 4.79 Å². The first-order valence-corrected chi connectivity index (χ1v) is 10.9. The number of hydrogen-bond acceptors (Lipinski definition) is 1. The van der Waals surface area contributed by atoms with Gasteiger partial charge in [0.15, 0.2) is 5.78 Å². The fourth-order valence-electron chi connectivity index (χ4n) is 6.81. The molecule has 2 fully saturated rings. The molecule has 0 aliphatic heterocycles. The first-order valence-electron chi connectivity index (χ1n) is 10.9. The minimum Gasteiger partial charge on any atom is -0.295 e. The van der Waals surface area contributed by atoms with E-state index in [1.807, 2.05) is 6.08 Å². The van der Waals surface area contributed by atoms with Gasteiger partial charge >= 0.3 is 0 Å². The largest absolute Gasteiger partial charge is 0.295 e. The zero-order chi connectivity index (χ0) is 19.2. The van der Waals surface area contributed by atoms with Crippen molar-refractivity contribution in [3.8, 4) is 11.8 Å². The highest BCUT2D eigenvalue weighted by molar-refractivity contribution is 5.92. The van der Waals surface area contributed by atoms with E-state index in [2.05, 4.69) is 53.4 Å². The Morgan fingerprint density at radius 3 is 2.50 bits per heavy atom. The Morgan fingerprint density at radius 1 is 1.12 bits per heavy atom. The molecular formula is C25H38O. The maximum Gasteiger partial charge on any atom is 0.155 e. The maximum absolute atomic E-state index is 12.5. The first-order chi connectivity index (χ1) is 12.2. The zero-order valence-corrected chi connectivity index (χ0v) is 17.9. The average molecular weight is 355 g/mol. The zero-order valence-electron chi connectivity index (χ0n) is 17.9. The highest BCUT2D eigenvalue weighted by Crippen LogP contribution is 2.73. The van der Waals surface area contributed by atoms with Crippen molar-refractivity contribution in [1.29, 1.82) is 0 Å². The highest BCUT2D eigenvalue weighted by Gasteiger charge is 2.65. The van der Waals surface area contributed by atoms with Gasteiger partial charge in [-0.3, -0.25) is 4.79 Å². The van der Waals surface area contributed by atoms with E-state index in [9.17, 15) is 4.79 Å². The summed E-state index contributed by atoms with van der Waals surface area (Å²) in [6.07, 6.45) is 11.8. The minimum atomic E-state index is -0.0351. The summed E-state index contributed by atoms with van der Waals surface area (Å²) in [7, 11) is 0. The molecule has 144 valence electrons. The lowest BCUT2D eigenvalue weighted by Crippen LogP contribution is -2.61. The molecule has 3 aliphatic rings. The summed E-state index contributed by atoms with van der Waals surface area (Å²) in [6, 6.07) is 0. The monoisotopic (exact) mass is 354 g/mol. The number of ketones is 1. The van der Waals surface area contributed by atoms with Crippen LogP contribution in [0.2, 0.25) is 0 Å². The molecule has 1 heteroatoms. The van der Waals surface area contributed by atoms with Crippen LogP contribution in [0.3, 0.4) is 0 Å². The van der Waals surface area contributed by atoms with Gasteiger partial charge in [-0.25, -0.2) is 0 Å². The summed E-state index contributed by atoms with van der Waals surface area (Å²) >= 11 is 0. The second-order valence-electron chi connectivity index (χ2n) is 10.0. The van der Waals surface area contributed by atoms with Crippen molar-refractivity contribution in [2.24, 2.45) is 27.6 Å². The number of allylic oxidation sites excluding steroid dienone is 2. The number of unbranched alkanes of at least 4 members (excludes halogenated alkanes) is 1. The average Bonchev–Trinajstić information content (AvgIpc) is 2.63. The third-order valence-corrected chi connectivity index (χ3v) is 9.35. The molecule has 0 bridgehead atoms. The second-order valence-corrected chi connectivity index (χ2v) is 10.0. The van der Waals surface area contributed by atoms with E-state index in [-0.39, 0.29) is 16.2 Å². The molecule has 0 radical (unpaired) electrons. The molecule has 0 heterocycles. The molecule has 0 spiro atoms. The molecule has 5 atom stereocenters. The Balaban J connectivity index is 2.16. The molecule has 3 aliphatic carbocycles. The molecule has 0 saturated heterocycles.